The first kappa shape index (κ1) is 16.7. The van der Waals surface area contributed by atoms with E-state index in [0.717, 1.165) is 22.6 Å². The zero-order valence-electron chi connectivity index (χ0n) is 14.4. The normalized spacial score (nSPS) is 21.0. The Morgan fingerprint density at radius 2 is 1.88 bits per heavy atom. The first-order chi connectivity index (χ1) is 12.6. The van der Waals surface area contributed by atoms with Crippen LogP contribution in [0.2, 0.25) is 5.02 Å². The van der Waals surface area contributed by atoms with Crippen LogP contribution in [0, 0.1) is 0 Å². The van der Waals surface area contributed by atoms with Crippen LogP contribution >= 0.6 is 11.6 Å². The van der Waals surface area contributed by atoms with Crippen molar-refractivity contribution in [3.8, 4) is 11.5 Å². The van der Waals surface area contributed by atoms with Gasteiger partial charge in [-0.1, -0.05) is 16.8 Å². The van der Waals surface area contributed by atoms with Gasteiger partial charge in [0.1, 0.15) is 11.5 Å². The van der Waals surface area contributed by atoms with E-state index >= 15 is 0 Å². The third-order valence-electron chi connectivity index (χ3n) is 4.32. The van der Waals surface area contributed by atoms with E-state index in [4.69, 9.17) is 30.6 Å². The molecule has 1 unspecified atom stereocenters. The van der Waals surface area contributed by atoms with E-state index in [0.29, 0.717) is 29.7 Å². The molecule has 2 aromatic carbocycles. The molecule has 0 amide bonds. The van der Waals surface area contributed by atoms with Gasteiger partial charge < -0.3 is 19.0 Å². The van der Waals surface area contributed by atoms with Crippen LogP contribution in [0.4, 0.5) is 0 Å². The van der Waals surface area contributed by atoms with Crippen molar-refractivity contribution in [1.82, 2.24) is 0 Å². The van der Waals surface area contributed by atoms with Gasteiger partial charge in [-0.15, -0.1) is 0 Å². The summed E-state index contributed by atoms with van der Waals surface area (Å²) in [6.45, 7) is 0.296. The monoisotopic (exact) mass is 372 g/mol. The summed E-state index contributed by atoms with van der Waals surface area (Å²) in [4.78, 5) is 10.3. The van der Waals surface area contributed by atoms with E-state index in [9.17, 15) is 0 Å². The van der Waals surface area contributed by atoms with E-state index in [1.165, 1.54) is 0 Å². The molecule has 0 saturated heterocycles. The summed E-state index contributed by atoms with van der Waals surface area (Å²) in [6, 6.07) is 12.9. The highest BCUT2D eigenvalue weighted by molar-refractivity contribution is 6.30. The summed E-state index contributed by atoms with van der Waals surface area (Å²) in [5, 5.41) is 4.90. The van der Waals surface area contributed by atoms with Crippen LogP contribution in [0.5, 0.6) is 11.5 Å². The lowest BCUT2D eigenvalue weighted by Gasteiger charge is -2.14. The van der Waals surface area contributed by atoms with Crippen molar-refractivity contribution in [2.45, 2.75) is 12.1 Å². The molecule has 0 N–H and O–H groups in total. The topological polar surface area (TPSA) is 61.6 Å². The van der Waals surface area contributed by atoms with Crippen molar-refractivity contribution in [3.05, 3.63) is 58.6 Å². The third-order valence-corrected chi connectivity index (χ3v) is 4.57. The lowest BCUT2D eigenvalue weighted by atomic mass is 10.0. The Labute approximate surface area is 156 Å². The first-order valence-electron chi connectivity index (χ1n) is 8.08. The van der Waals surface area contributed by atoms with Gasteiger partial charge >= 0.3 is 0 Å². The maximum Gasteiger partial charge on any atom is 0.269 e. The van der Waals surface area contributed by atoms with Crippen molar-refractivity contribution in [2.24, 2.45) is 10.1 Å². The molecule has 2 aromatic rings. The predicted molar refractivity (Wildman–Crippen MR) is 98.5 cm³/mol. The van der Waals surface area contributed by atoms with E-state index in [1.54, 1.807) is 26.4 Å². The second kappa shape index (κ2) is 6.53. The highest BCUT2D eigenvalue weighted by atomic mass is 35.5. The standard InChI is InChI=1S/C19H17ClN2O4/c1-23-14-7-8-17(24-2)15(9-14)16-10-19(26-22-16)11-25-18(21-19)12-3-5-13(20)6-4-12/h3-9H,10-11H2,1-2H3. The van der Waals surface area contributed by atoms with E-state index < -0.39 is 5.72 Å². The molecule has 2 aliphatic heterocycles. The SMILES string of the molecule is COc1ccc(OC)c(C2=NOC3(COC(c4ccc(Cl)cc4)=N3)C2)c1. The summed E-state index contributed by atoms with van der Waals surface area (Å²) < 4.78 is 16.5. The minimum Gasteiger partial charge on any atom is -0.497 e. The highest BCUT2D eigenvalue weighted by Gasteiger charge is 2.45. The molecule has 0 aliphatic carbocycles. The second-order valence-electron chi connectivity index (χ2n) is 6.03. The molecule has 2 heterocycles. The molecule has 0 fully saturated rings. The Balaban J connectivity index is 1.59. The number of hydrogen-bond donors (Lipinski definition) is 0. The van der Waals surface area contributed by atoms with Crippen LogP contribution in [0.25, 0.3) is 0 Å². The Kier molecular flexibility index (Phi) is 4.20. The summed E-state index contributed by atoms with van der Waals surface area (Å²) in [5.41, 5.74) is 1.56. The molecule has 0 saturated carbocycles. The molecule has 26 heavy (non-hydrogen) atoms. The van der Waals surface area contributed by atoms with Crippen LogP contribution in [0.1, 0.15) is 17.5 Å². The molecule has 134 valence electrons. The van der Waals surface area contributed by atoms with Crippen molar-refractivity contribution in [2.75, 3.05) is 20.8 Å². The molecule has 2 aliphatic rings. The van der Waals surface area contributed by atoms with E-state index in [-0.39, 0.29) is 0 Å². The zero-order chi connectivity index (χ0) is 18.1. The Morgan fingerprint density at radius 3 is 2.62 bits per heavy atom. The molecule has 1 atom stereocenters. The van der Waals surface area contributed by atoms with Gasteiger partial charge in [-0.3, -0.25) is 0 Å². The van der Waals surface area contributed by atoms with Gasteiger partial charge in [0.05, 0.1) is 26.4 Å². The molecular formula is C19H17ClN2O4. The third kappa shape index (κ3) is 2.97. The lowest BCUT2D eigenvalue weighted by molar-refractivity contribution is -0.0277. The first-order valence-corrected chi connectivity index (χ1v) is 8.46. The molecule has 0 bridgehead atoms. The predicted octanol–water partition coefficient (Wildman–Crippen LogP) is 3.65. The summed E-state index contributed by atoms with van der Waals surface area (Å²) in [5.74, 6) is 1.94. The fraction of sp³-hybridized carbons (Fsp3) is 0.263. The van der Waals surface area contributed by atoms with Gasteiger partial charge in [0.25, 0.3) is 5.72 Å². The van der Waals surface area contributed by atoms with Gasteiger partial charge in [0, 0.05) is 16.1 Å². The average molecular weight is 373 g/mol. The lowest BCUT2D eigenvalue weighted by Crippen LogP contribution is -2.28. The fourth-order valence-corrected chi connectivity index (χ4v) is 3.08. The average Bonchev–Trinajstić information content (AvgIpc) is 3.29. The van der Waals surface area contributed by atoms with Gasteiger partial charge in [0.15, 0.2) is 6.61 Å². The van der Waals surface area contributed by atoms with E-state index in [2.05, 4.69) is 10.1 Å². The number of nitrogens with zero attached hydrogens (tertiary/aromatic N) is 2. The number of methoxy groups -OCH3 is 2. The van der Waals surface area contributed by atoms with E-state index in [1.807, 2.05) is 30.3 Å². The number of rotatable bonds is 4. The summed E-state index contributed by atoms with van der Waals surface area (Å²) >= 11 is 5.93. The Morgan fingerprint density at radius 1 is 1.08 bits per heavy atom. The smallest absolute Gasteiger partial charge is 0.269 e. The molecule has 0 radical (unpaired) electrons. The molecule has 4 rings (SSSR count). The molecule has 7 heteroatoms. The minimum absolute atomic E-state index is 0.296. The zero-order valence-corrected chi connectivity index (χ0v) is 15.1. The Hall–Kier alpha value is -2.73. The molecule has 6 nitrogen and oxygen atoms in total. The number of aliphatic imine (C=N–C) groups is 1. The van der Waals surface area contributed by atoms with Crippen molar-refractivity contribution < 1.29 is 19.0 Å². The number of oxime groups is 1. The second-order valence-corrected chi connectivity index (χ2v) is 6.47. The van der Waals surface area contributed by atoms with Gasteiger partial charge in [-0.25, -0.2) is 0 Å². The van der Waals surface area contributed by atoms with Crippen LogP contribution in [0.15, 0.2) is 52.6 Å². The largest absolute Gasteiger partial charge is 0.497 e. The summed E-state index contributed by atoms with van der Waals surface area (Å²) in [6.07, 6.45) is 0.480. The van der Waals surface area contributed by atoms with Crippen LogP contribution in [0.3, 0.4) is 0 Å². The number of benzene rings is 2. The maximum absolute atomic E-state index is 5.93. The van der Waals surface area contributed by atoms with Gasteiger partial charge in [0.2, 0.25) is 5.90 Å². The number of hydrogen-bond acceptors (Lipinski definition) is 6. The van der Waals surface area contributed by atoms with Gasteiger partial charge in [-0.05, 0) is 42.5 Å². The van der Waals surface area contributed by atoms with Crippen LogP contribution < -0.4 is 9.47 Å². The molecular weight excluding hydrogens is 356 g/mol. The molecule has 0 aromatic heterocycles. The quantitative estimate of drug-likeness (QED) is 0.821. The number of halogens is 1. The fourth-order valence-electron chi connectivity index (χ4n) is 2.96. The van der Waals surface area contributed by atoms with Crippen molar-refractivity contribution >= 4 is 23.2 Å². The highest BCUT2D eigenvalue weighted by Crippen LogP contribution is 2.36. The van der Waals surface area contributed by atoms with Crippen LogP contribution in [-0.4, -0.2) is 38.2 Å². The van der Waals surface area contributed by atoms with Crippen molar-refractivity contribution in [3.63, 3.8) is 0 Å². The minimum atomic E-state index is -0.849. The Bertz CT molecular complexity index is 895. The van der Waals surface area contributed by atoms with Crippen LogP contribution in [-0.2, 0) is 9.57 Å². The summed E-state index contributed by atoms with van der Waals surface area (Å²) in [7, 11) is 3.24. The molecule has 1 spiro atoms. The number of ether oxygens (including phenoxy) is 3. The van der Waals surface area contributed by atoms with Gasteiger partial charge in [-0.2, -0.15) is 4.99 Å². The van der Waals surface area contributed by atoms with Crippen molar-refractivity contribution in [1.29, 1.82) is 0 Å². The maximum atomic E-state index is 5.93.